The Kier molecular flexibility index (Phi) is 4.91. The number of ether oxygens (including phenoxy) is 1. The molecular formula is C17H20BrNO2. The second kappa shape index (κ2) is 6.50. The highest BCUT2D eigenvalue weighted by molar-refractivity contribution is 9.10. The minimum Gasteiger partial charge on any atom is -0.504 e. The van der Waals surface area contributed by atoms with Gasteiger partial charge in [-0.05, 0) is 49.2 Å². The quantitative estimate of drug-likeness (QED) is 0.850. The maximum absolute atomic E-state index is 9.62. The molecule has 0 aromatic heterocycles. The van der Waals surface area contributed by atoms with Crippen LogP contribution in [0.15, 0.2) is 46.9 Å². The van der Waals surface area contributed by atoms with Crippen LogP contribution in [0.3, 0.4) is 0 Å². The average Bonchev–Trinajstić information content (AvgIpc) is 2.47. The van der Waals surface area contributed by atoms with Crippen LogP contribution in [-0.4, -0.2) is 12.2 Å². The molecule has 0 atom stereocenters. The molecule has 0 bridgehead atoms. The largest absolute Gasteiger partial charge is 0.504 e. The van der Waals surface area contributed by atoms with Crippen LogP contribution in [-0.2, 0) is 12.1 Å². The second-order valence-electron chi connectivity index (χ2n) is 5.49. The van der Waals surface area contributed by atoms with Gasteiger partial charge in [0.25, 0.3) is 0 Å². The maximum atomic E-state index is 9.62. The molecule has 0 aliphatic carbocycles. The number of hydrogen-bond donors (Lipinski definition) is 2. The lowest BCUT2D eigenvalue weighted by Crippen LogP contribution is -2.35. The molecule has 2 N–H and O–H groups in total. The molecule has 3 nitrogen and oxygen atoms in total. The zero-order chi connectivity index (χ0) is 15.5. The van der Waals surface area contributed by atoms with Crippen LogP contribution in [0.4, 0.5) is 0 Å². The Bertz CT molecular complexity index is 609. The van der Waals surface area contributed by atoms with Crippen molar-refractivity contribution in [2.75, 3.05) is 7.11 Å². The highest BCUT2D eigenvalue weighted by atomic mass is 79.9. The number of halogens is 1. The molecule has 0 aliphatic rings. The number of hydrogen-bond acceptors (Lipinski definition) is 3. The minimum absolute atomic E-state index is 0.147. The molecule has 4 heteroatoms. The molecule has 0 spiro atoms. The van der Waals surface area contributed by atoms with Crippen molar-refractivity contribution in [1.82, 2.24) is 5.32 Å². The first kappa shape index (κ1) is 15.9. The van der Waals surface area contributed by atoms with Gasteiger partial charge in [-0.25, -0.2) is 0 Å². The van der Waals surface area contributed by atoms with Crippen molar-refractivity contribution >= 4 is 15.9 Å². The zero-order valence-corrected chi connectivity index (χ0v) is 14.1. The molecule has 0 aliphatic heterocycles. The topological polar surface area (TPSA) is 41.5 Å². The minimum atomic E-state index is -0.147. The number of aromatic hydroxyl groups is 1. The van der Waals surface area contributed by atoms with E-state index in [0.29, 0.717) is 12.3 Å². The van der Waals surface area contributed by atoms with Gasteiger partial charge in [0.05, 0.1) is 7.11 Å². The molecule has 0 saturated heterocycles. The summed E-state index contributed by atoms with van der Waals surface area (Å²) in [7, 11) is 1.55. The van der Waals surface area contributed by atoms with E-state index >= 15 is 0 Å². The highest BCUT2D eigenvalue weighted by Crippen LogP contribution is 2.27. The Labute approximate surface area is 134 Å². The fourth-order valence-corrected chi connectivity index (χ4v) is 2.39. The lowest BCUT2D eigenvalue weighted by Gasteiger charge is -2.27. The predicted molar refractivity (Wildman–Crippen MR) is 88.7 cm³/mol. The first-order valence-corrected chi connectivity index (χ1v) is 7.58. The number of phenolic OH excluding ortho intramolecular Hbond substituents is 1. The lowest BCUT2D eigenvalue weighted by molar-refractivity contribution is 0.370. The van der Waals surface area contributed by atoms with E-state index in [-0.39, 0.29) is 11.3 Å². The van der Waals surface area contributed by atoms with Crippen LogP contribution in [0.25, 0.3) is 0 Å². The SMILES string of the molecule is COc1cc(CNC(C)(C)c2ccc(Br)cc2)ccc1O. The summed E-state index contributed by atoms with van der Waals surface area (Å²) in [4.78, 5) is 0. The maximum Gasteiger partial charge on any atom is 0.160 e. The van der Waals surface area contributed by atoms with Crippen molar-refractivity contribution in [3.8, 4) is 11.5 Å². The van der Waals surface area contributed by atoms with Gasteiger partial charge in [0.15, 0.2) is 11.5 Å². The number of benzene rings is 2. The zero-order valence-electron chi connectivity index (χ0n) is 12.5. The summed E-state index contributed by atoms with van der Waals surface area (Å²) < 4.78 is 6.21. The molecule has 0 saturated carbocycles. The molecule has 112 valence electrons. The number of phenols is 1. The summed E-state index contributed by atoms with van der Waals surface area (Å²) in [5, 5.41) is 13.1. The van der Waals surface area contributed by atoms with Crippen molar-refractivity contribution < 1.29 is 9.84 Å². The third kappa shape index (κ3) is 3.99. The van der Waals surface area contributed by atoms with Crippen molar-refractivity contribution in [2.45, 2.75) is 25.9 Å². The van der Waals surface area contributed by atoms with Gasteiger partial charge in [-0.3, -0.25) is 0 Å². The van der Waals surface area contributed by atoms with E-state index in [0.717, 1.165) is 10.0 Å². The van der Waals surface area contributed by atoms with E-state index in [1.165, 1.54) is 5.56 Å². The Morgan fingerprint density at radius 1 is 1.14 bits per heavy atom. The summed E-state index contributed by atoms with van der Waals surface area (Å²) in [6.45, 7) is 4.99. The van der Waals surface area contributed by atoms with Crippen LogP contribution in [0.1, 0.15) is 25.0 Å². The predicted octanol–water partition coefficient (Wildman–Crippen LogP) is 4.19. The Balaban J connectivity index is 2.09. The van der Waals surface area contributed by atoms with E-state index in [1.807, 2.05) is 24.3 Å². The lowest BCUT2D eigenvalue weighted by atomic mass is 9.94. The summed E-state index contributed by atoms with van der Waals surface area (Å²) in [5.74, 6) is 0.657. The van der Waals surface area contributed by atoms with Crippen LogP contribution >= 0.6 is 15.9 Å². The third-order valence-electron chi connectivity index (χ3n) is 3.54. The summed E-state index contributed by atoms with van der Waals surface area (Å²) in [6.07, 6.45) is 0. The van der Waals surface area contributed by atoms with E-state index in [1.54, 1.807) is 13.2 Å². The number of nitrogens with one attached hydrogen (secondary N) is 1. The van der Waals surface area contributed by atoms with Gasteiger partial charge in [0, 0.05) is 16.6 Å². The van der Waals surface area contributed by atoms with E-state index in [4.69, 9.17) is 4.74 Å². The first-order chi connectivity index (χ1) is 9.92. The van der Waals surface area contributed by atoms with Crippen molar-refractivity contribution in [3.05, 3.63) is 58.1 Å². The molecule has 2 rings (SSSR count). The van der Waals surface area contributed by atoms with Crippen molar-refractivity contribution in [2.24, 2.45) is 0 Å². The molecule has 0 amide bonds. The molecule has 0 radical (unpaired) electrons. The number of methoxy groups -OCH3 is 1. The van der Waals surface area contributed by atoms with Gasteiger partial charge in [-0.15, -0.1) is 0 Å². The molecular weight excluding hydrogens is 330 g/mol. The first-order valence-electron chi connectivity index (χ1n) is 6.79. The molecule has 21 heavy (non-hydrogen) atoms. The van der Waals surface area contributed by atoms with E-state index in [9.17, 15) is 5.11 Å². The van der Waals surface area contributed by atoms with Crippen LogP contribution in [0.5, 0.6) is 11.5 Å². The molecule has 2 aromatic rings. The third-order valence-corrected chi connectivity index (χ3v) is 4.07. The highest BCUT2D eigenvalue weighted by Gasteiger charge is 2.19. The molecule has 0 heterocycles. The van der Waals surface area contributed by atoms with Gasteiger partial charge in [-0.1, -0.05) is 34.1 Å². The summed E-state index contributed by atoms with van der Waals surface area (Å²) in [6, 6.07) is 13.7. The van der Waals surface area contributed by atoms with Gasteiger partial charge in [0.2, 0.25) is 0 Å². The van der Waals surface area contributed by atoms with Crippen LogP contribution < -0.4 is 10.1 Å². The van der Waals surface area contributed by atoms with Crippen LogP contribution in [0, 0.1) is 0 Å². The van der Waals surface area contributed by atoms with Gasteiger partial charge in [0.1, 0.15) is 0 Å². The Morgan fingerprint density at radius 2 is 1.81 bits per heavy atom. The fraction of sp³-hybridized carbons (Fsp3) is 0.294. The fourth-order valence-electron chi connectivity index (χ4n) is 2.12. The number of rotatable bonds is 5. The second-order valence-corrected chi connectivity index (χ2v) is 6.41. The van der Waals surface area contributed by atoms with Gasteiger partial charge >= 0.3 is 0 Å². The smallest absolute Gasteiger partial charge is 0.160 e. The monoisotopic (exact) mass is 349 g/mol. The van der Waals surface area contributed by atoms with Crippen LogP contribution in [0.2, 0.25) is 0 Å². The molecule has 2 aromatic carbocycles. The normalized spacial score (nSPS) is 11.4. The van der Waals surface area contributed by atoms with Gasteiger partial charge in [-0.2, -0.15) is 0 Å². The molecule has 0 unspecified atom stereocenters. The van der Waals surface area contributed by atoms with Gasteiger partial charge < -0.3 is 15.2 Å². The summed E-state index contributed by atoms with van der Waals surface area (Å²) >= 11 is 3.45. The average molecular weight is 350 g/mol. The summed E-state index contributed by atoms with van der Waals surface area (Å²) in [5.41, 5.74) is 2.14. The van der Waals surface area contributed by atoms with E-state index < -0.39 is 0 Å². The standard InChI is InChI=1S/C17H20BrNO2/c1-17(2,13-5-7-14(18)8-6-13)19-11-12-4-9-15(20)16(10-12)21-3/h4-10,19-20H,11H2,1-3H3. The molecule has 0 fully saturated rings. The van der Waals surface area contributed by atoms with Crippen molar-refractivity contribution in [3.63, 3.8) is 0 Å². The van der Waals surface area contributed by atoms with E-state index in [2.05, 4.69) is 47.2 Å². The Morgan fingerprint density at radius 3 is 2.43 bits per heavy atom. The van der Waals surface area contributed by atoms with Crippen molar-refractivity contribution in [1.29, 1.82) is 0 Å². The Hall–Kier alpha value is -1.52.